The highest BCUT2D eigenvalue weighted by molar-refractivity contribution is 5.80. The van der Waals surface area contributed by atoms with E-state index in [4.69, 9.17) is 16.2 Å². The number of hydrogen-bond donors (Lipinski definition) is 2. The average Bonchev–Trinajstić information content (AvgIpc) is 2.04. The molecule has 11 heavy (non-hydrogen) atoms. The topological polar surface area (TPSA) is 99.9 Å². The quantitative estimate of drug-likeness (QED) is 0.358. The minimum atomic E-state index is -1.82. The highest BCUT2D eigenvalue weighted by atomic mass is 16.8. The molecule has 0 aromatic rings. The van der Waals surface area contributed by atoms with E-state index in [0.29, 0.717) is 0 Å². The van der Waals surface area contributed by atoms with E-state index >= 15 is 0 Å². The summed E-state index contributed by atoms with van der Waals surface area (Å²) in [5.74, 6) is -0.757. The van der Waals surface area contributed by atoms with Gasteiger partial charge in [0.2, 0.25) is 5.72 Å². The van der Waals surface area contributed by atoms with E-state index in [0.717, 1.165) is 0 Å². The number of aliphatic imine (C=N–C) groups is 1. The van der Waals surface area contributed by atoms with E-state index in [2.05, 4.69) is 16.4 Å². The van der Waals surface area contributed by atoms with Crippen molar-refractivity contribution < 1.29 is 14.3 Å². The van der Waals surface area contributed by atoms with Gasteiger partial charge in [0.1, 0.15) is 0 Å². The van der Waals surface area contributed by atoms with Crippen LogP contribution in [0.5, 0.6) is 0 Å². The molecule has 1 saturated heterocycles. The van der Waals surface area contributed by atoms with Gasteiger partial charge in [-0.1, -0.05) is 0 Å². The van der Waals surface area contributed by atoms with Crippen LogP contribution in [-0.4, -0.2) is 24.4 Å². The number of cyclic esters (lactones) is 1. The fourth-order valence-electron chi connectivity index (χ4n) is 0.665. The third-order valence-corrected chi connectivity index (χ3v) is 1.22. The minimum Gasteiger partial charge on any atom is -0.396 e. The van der Waals surface area contributed by atoms with Crippen LogP contribution in [-0.2, 0) is 14.3 Å². The molecule has 6 nitrogen and oxygen atoms in total. The normalized spacial score (nSPS) is 43.7. The molecule has 0 amide bonds. The van der Waals surface area contributed by atoms with Crippen molar-refractivity contribution in [1.82, 2.24) is 0 Å². The van der Waals surface area contributed by atoms with Gasteiger partial charge in [-0.2, -0.15) is 0 Å². The fraction of sp³-hybridized carbons (Fsp3) is 0.600. The summed E-state index contributed by atoms with van der Waals surface area (Å²) in [6, 6.07) is -1.82. The summed E-state index contributed by atoms with van der Waals surface area (Å²) in [7, 11) is 0. The summed E-state index contributed by atoms with van der Waals surface area (Å²) in [4.78, 5) is 14.1. The lowest BCUT2D eigenvalue weighted by Crippen LogP contribution is -2.46. The van der Waals surface area contributed by atoms with Gasteiger partial charge in [0.05, 0.1) is 0 Å². The van der Waals surface area contributed by atoms with Gasteiger partial charge < -0.3 is 4.74 Å². The van der Waals surface area contributed by atoms with Crippen molar-refractivity contribution in [2.75, 3.05) is 0 Å². The largest absolute Gasteiger partial charge is 0.396 e. The lowest BCUT2D eigenvalue weighted by molar-refractivity contribution is -0.176. The van der Waals surface area contributed by atoms with Gasteiger partial charge in [-0.3, -0.25) is 10.5 Å². The Balaban J connectivity index is 2.87. The first-order chi connectivity index (χ1) is 4.90. The molecular formula is C5H9N3O3. The Hall–Kier alpha value is -0.980. The van der Waals surface area contributed by atoms with Crippen LogP contribution >= 0.6 is 0 Å². The second-order valence-electron chi connectivity index (χ2n) is 2.39. The van der Waals surface area contributed by atoms with Gasteiger partial charge in [0.15, 0.2) is 0 Å². The minimum absolute atomic E-state index is 0.757. The van der Waals surface area contributed by atoms with E-state index in [9.17, 15) is 4.79 Å². The Labute approximate surface area is 63.2 Å². The maximum Gasteiger partial charge on any atom is 0.381 e. The maximum atomic E-state index is 10.8. The first-order valence-corrected chi connectivity index (χ1v) is 2.89. The van der Waals surface area contributed by atoms with Crippen molar-refractivity contribution >= 4 is 12.7 Å². The number of rotatable bonds is 1. The predicted octanol–water partition coefficient (Wildman–Crippen LogP) is -1.49. The van der Waals surface area contributed by atoms with Crippen LogP contribution in [0.15, 0.2) is 4.99 Å². The van der Waals surface area contributed by atoms with Gasteiger partial charge in [-0.25, -0.2) is 15.5 Å². The van der Waals surface area contributed by atoms with Crippen molar-refractivity contribution in [3.05, 3.63) is 0 Å². The molecule has 4 N–H and O–H groups in total. The second kappa shape index (κ2) is 2.00. The number of carbonyl (C=O) groups excluding carboxylic acids is 1. The van der Waals surface area contributed by atoms with Gasteiger partial charge in [-0.05, 0) is 13.6 Å². The molecule has 2 unspecified atom stereocenters. The molecule has 0 radical (unpaired) electrons. The molecule has 62 valence electrons. The zero-order valence-corrected chi connectivity index (χ0v) is 6.03. The lowest BCUT2D eigenvalue weighted by atomic mass is 10.3. The van der Waals surface area contributed by atoms with Crippen LogP contribution < -0.4 is 11.5 Å². The van der Waals surface area contributed by atoms with E-state index in [1.54, 1.807) is 0 Å². The second-order valence-corrected chi connectivity index (χ2v) is 2.39. The van der Waals surface area contributed by atoms with E-state index in [1.807, 2.05) is 0 Å². The third-order valence-electron chi connectivity index (χ3n) is 1.22. The summed E-state index contributed by atoms with van der Waals surface area (Å²) >= 11 is 0. The Morgan fingerprint density at radius 3 is 2.36 bits per heavy atom. The van der Waals surface area contributed by atoms with Crippen LogP contribution in [0, 0.1) is 0 Å². The molecule has 0 spiro atoms. The molecule has 0 aromatic carbocycles. The van der Waals surface area contributed by atoms with E-state index < -0.39 is 17.7 Å². The van der Waals surface area contributed by atoms with Crippen molar-refractivity contribution in [3.63, 3.8) is 0 Å². The Bertz CT molecular complexity index is 215. The van der Waals surface area contributed by atoms with Crippen LogP contribution in [0.4, 0.5) is 0 Å². The standard InChI is InChI=1S/C5H9N3O3/c1-4(6)3(9)10-5(7,8-2)11-4/h2,6-7H2,1H3. The molecule has 0 bridgehead atoms. The highest BCUT2D eigenvalue weighted by Gasteiger charge is 2.51. The van der Waals surface area contributed by atoms with Gasteiger partial charge >= 0.3 is 12.0 Å². The van der Waals surface area contributed by atoms with E-state index in [1.165, 1.54) is 6.92 Å². The lowest BCUT2D eigenvalue weighted by Gasteiger charge is -2.16. The molecule has 0 aromatic heterocycles. The van der Waals surface area contributed by atoms with Crippen molar-refractivity contribution in [2.45, 2.75) is 18.7 Å². The van der Waals surface area contributed by atoms with Crippen LogP contribution in [0.1, 0.15) is 6.92 Å². The molecule has 1 heterocycles. The predicted molar refractivity (Wildman–Crippen MR) is 36.2 cm³/mol. The SMILES string of the molecule is C=NC1(N)OC(=O)C(C)(N)O1. The van der Waals surface area contributed by atoms with Gasteiger partial charge in [-0.15, -0.1) is 0 Å². The van der Waals surface area contributed by atoms with Crippen LogP contribution in [0.3, 0.4) is 0 Å². The zero-order chi connectivity index (χ0) is 8.70. The summed E-state index contributed by atoms with van der Waals surface area (Å²) in [5.41, 5.74) is 9.03. The molecule has 0 saturated carbocycles. The van der Waals surface area contributed by atoms with E-state index in [-0.39, 0.29) is 0 Å². The Kier molecular flexibility index (Phi) is 1.48. The summed E-state index contributed by atoms with van der Waals surface area (Å²) in [6.07, 6.45) is 0. The Morgan fingerprint density at radius 1 is 1.64 bits per heavy atom. The van der Waals surface area contributed by atoms with Gasteiger partial charge in [0.25, 0.3) is 0 Å². The smallest absolute Gasteiger partial charge is 0.381 e. The summed E-state index contributed by atoms with van der Waals surface area (Å²) in [5, 5.41) is 0. The zero-order valence-electron chi connectivity index (χ0n) is 6.03. The molecule has 1 rings (SSSR count). The molecule has 6 heteroatoms. The molecule has 0 aliphatic carbocycles. The number of nitrogens with two attached hydrogens (primary N) is 2. The van der Waals surface area contributed by atoms with Crippen molar-refractivity contribution in [1.29, 1.82) is 0 Å². The molecule has 2 atom stereocenters. The molecular weight excluding hydrogens is 150 g/mol. The summed E-state index contributed by atoms with van der Waals surface area (Å²) in [6.45, 7) is 4.41. The molecule has 1 aliphatic rings. The summed E-state index contributed by atoms with van der Waals surface area (Å²) < 4.78 is 9.23. The van der Waals surface area contributed by atoms with Gasteiger partial charge in [0, 0.05) is 0 Å². The monoisotopic (exact) mass is 159 g/mol. The van der Waals surface area contributed by atoms with Crippen LogP contribution in [0.25, 0.3) is 0 Å². The third kappa shape index (κ3) is 1.23. The number of nitrogens with zero attached hydrogens (tertiary/aromatic N) is 1. The molecule has 1 aliphatic heterocycles. The van der Waals surface area contributed by atoms with Crippen molar-refractivity contribution in [2.24, 2.45) is 16.5 Å². The Morgan fingerprint density at radius 2 is 2.18 bits per heavy atom. The fourth-order valence-corrected chi connectivity index (χ4v) is 0.665. The first-order valence-electron chi connectivity index (χ1n) is 2.89. The number of hydrogen-bond acceptors (Lipinski definition) is 6. The van der Waals surface area contributed by atoms with Crippen LogP contribution in [0.2, 0.25) is 0 Å². The first kappa shape index (κ1) is 8.12. The highest BCUT2D eigenvalue weighted by Crippen LogP contribution is 2.25. The molecule has 1 fully saturated rings. The number of esters is 1. The van der Waals surface area contributed by atoms with Crippen molar-refractivity contribution in [3.8, 4) is 0 Å². The number of carbonyl (C=O) groups is 1. The maximum absolute atomic E-state index is 10.8. The number of ether oxygens (including phenoxy) is 2. The average molecular weight is 159 g/mol.